The van der Waals surface area contributed by atoms with Crippen LogP contribution in [0, 0.1) is 0 Å². The molecule has 18 heavy (non-hydrogen) atoms. The largest absolute Gasteiger partial charge is 0.480 e. The molecule has 1 saturated heterocycles. The van der Waals surface area contributed by atoms with E-state index in [-0.39, 0.29) is 6.04 Å². The zero-order chi connectivity index (χ0) is 12.8. The molecule has 1 aliphatic rings. The first kappa shape index (κ1) is 13.1. The maximum Gasteiger partial charge on any atom is 0.320 e. The standard InChI is InChI=1S/C13H21N3O2/c17-13(18)12-6-3-1-2-4-8-15(12)10-11-16-9-5-7-14-16/h5,7,9,12H,1-4,6,8,10-11H2,(H,17,18). The van der Waals surface area contributed by atoms with E-state index in [2.05, 4.69) is 10.00 Å². The minimum Gasteiger partial charge on any atom is -0.480 e. The molecule has 0 bridgehead atoms. The van der Waals surface area contributed by atoms with Crippen LogP contribution in [-0.2, 0) is 11.3 Å². The monoisotopic (exact) mass is 251 g/mol. The summed E-state index contributed by atoms with van der Waals surface area (Å²) in [6.07, 6.45) is 8.94. The summed E-state index contributed by atoms with van der Waals surface area (Å²) >= 11 is 0. The molecular weight excluding hydrogens is 230 g/mol. The Balaban J connectivity index is 1.93. The molecule has 5 nitrogen and oxygen atoms in total. The van der Waals surface area contributed by atoms with Crippen molar-refractivity contribution in [2.45, 2.75) is 44.7 Å². The van der Waals surface area contributed by atoms with Crippen LogP contribution in [0.5, 0.6) is 0 Å². The second-order valence-corrected chi connectivity index (χ2v) is 4.86. The fourth-order valence-electron chi connectivity index (χ4n) is 2.56. The summed E-state index contributed by atoms with van der Waals surface area (Å²) in [5, 5.41) is 13.5. The van der Waals surface area contributed by atoms with Crippen LogP contribution < -0.4 is 0 Å². The number of nitrogens with zero attached hydrogens (tertiary/aromatic N) is 3. The van der Waals surface area contributed by atoms with Crippen LogP contribution in [-0.4, -0.2) is 44.9 Å². The second-order valence-electron chi connectivity index (χ2n) is 4.86. The van der Waals surface area contributed by atoms with E-state index in [4.69, 9.17) is 0 Å². The Bertz CT molecular complexity index is 364. The SMILES string of the molecule is O=C(O)C1CCCCCCN1CCn1cccn1. The first-order chi connectivity index (χ1) is 8.77. The molecule has 0 aliphatic carbocycles. The molecule has 0 amide bonds. The molecule has 100 valence electrons. The van der Waals surface area contributed by atoms with Crippen molar-refractivity contribution in [1.82, 2.24) is 14.7 Å². The van der Waals surface area contributed by atoms with Crippen molar-refractivity contribution in [2.24, 2.45) is 0 Å². The lowest BCUT2D eigenvalue weighted by Gasteiger charge is -2.30. The molecular formula is C13H21N3O2. The smallest absolute Gasteiger partial charge is 0.320 e. The van der Waals surface area contributed by atoms with Gasteiger partial charge in [-0.3, -0.25) is 14.4 Å². The van der Waals surface area contributed by atoms with Gasteiger partial charge in [0.2, 0.25) is 0 Å². The lowest BCUT2D eigenvalue weighted by Crippen LogP contribution is -2.44. The number of aromatic nitrogens is 2. The quantitative estimate of drug-likeness (QED) is 0.883. The van der Waals surface area contributed by atoms with E-state index >= 15 is 0 Å². The molecule has 0 spiro atoms. The molecule has 0 saturated carbocycles. The zero-order valence-electron chi connectivity index (χ0n) is 10.7. The minimum absolute atomic E-state index is 0.319. The average molecular weight is 251 g/mol. The van der Waals surface area contributed by atoms with Gasteiger partial charge in [0.25, 0.3) is 0 Å². The number of carbonyl (C=O) groups is 1. The molecule has 2 heterocycles. The van der Waals surface area contributed by atoms with Crippen molar-refractivity contribution in [1.29, 1.82) is 0 Å². The van der Waals surface area contributed by atoms with E-state index in [0.717, 1.165) is 45.3 Å². The van der Waals surface area contributed by atoms with Crippen LogP contribution >= 0.6 is 0 Å². The Hall–Kier alpha value is -1.36. The molecule has 1 aromatic heterocycles. The van der Waals surface area contributed by atoms with Crippen LogP contribution in [0.1, 0.15) is 32.1 Å². The predicted molar refractivity (Wildman–Crippen MR) is 68.3 cm³/mol. The van der Waals surface area contributed by atoms with Crippen LogP contribution in [0.15, 0.2) is 18.5 Å². The lowest BCUT2D eigenvalue weighted by atomic mass is 10.0. The summed E-state index contributed by atoms with van der Waals surface area (Å²) in [6.45, 7) is 2.41. The van der Waals surface area contributed by atoms with E-state index in [9.17, 15) is 9.90 Å². The second kappa shape index (κ2) is 6.54. The van der Waals surface area contributed by atoms with Gasteiger partial charge in [0, 0.05) is 18.9 Å². The minimum atomic E-state index is -0.683. The van der Waals surface area contributed by atoms with Crippen molar-refractivity contribution in [3.05, 3.63) is 18.5 Å². The maximum atomic E-state index is 11.3. The predicted octanol–water partition coefficient (Wildman–Crippen LogP) is 1.60. The number of hydrogen-bond acceptors (Lipinski definition) is 3. The van der Waals surface area contributed by atoms with Crippen LogP contribution in [0.2, 0.25) is 0 Å². The van der Waals surface area contributed by atoms with E-state index in [1.165, 1.54) is 6.42 Å². The fraction of sp³-hybridized carbons (Fsp3) is 0.692. The van der Waals surface area contributed by atoms with Crippen LogP contribution in [0.3, 0.4) is 0 Å². The van der Waals surface area contributed by atoms with Gasteiger partial charge in [0.1, 0.15) is 6.04 Å². The highest BCUT2D eigenvalue weighted by atomic mass is 16.4. The highest BCUT2D eigenvalue weighted by Gasteiger charge is 2.25. The lowest BCUT2D eigenvalue weighted by molar-refractivity contribution is -0.144. The van der Waals surface area contributed by atoms with Crippen molar-refractivity contribution in [3.63, 3.8) is 0 Å². The Labute approximate surface area is 107 Å². The number of rotatable bonds is 4. The van der Waals surface area contributed by atoms with Gasteiger partial charge < -0.3 is 5.11 Å². The highest BCUT2D eigenvalue weighted by molar-refractivity contribution is 5.73. The third-order valence-electron chi connectivity index (χ3n) is 3.57. The number of carboxylic acid groups (broad SMARTS) is 1. The van der Waals surface area contributed by atoms with Gasteiger partial charge in [-0.1, -0.05) is 19.3 Å². The number of aliphatic carboxylic acids is 1. The van der Waals surface area contributed by atoms with Gasteiger partial charge in [-0.25, -0.2) is 0 Å². The Kier molecular flexibility index (Phi) is 4.75. The van der Waals surface area contributed by atoms with Gasteiger partial charge in [0.05, 0.1) is 6.54 Å². The zero-order valence-corrected chi connectivity index (χ0v) is 10.7. The van der Waals surface area contributed by atoms with E-state index in [0.29, 0.717) is 0 Å². The summed E-state index contributed by atoms with van der Waals surface area (Å²) in [5.74, 6) is -0.683. The normalized spacial score (nSPS) is 22.3. The summed E-state index contributed by atoms with van der Waals surface area (Å²) in [5.41, 5.74) is 0. The van der Waals surface area contributed by atoms with Crippen molar-refractivity contribution in [3.8, 4) is 0 Å². The van der Waals surface area contributed by atoms with Crippen molar-refractivity contribution < 1.29 is 9.90 Å². The first-order valence-corrected chi connectivity index (χ1v) is 6.71. The molecule has 1 aliphatic heterocycles. The molecule has 1 aromatic rings. The Morgan fingerprint density at radius 2 is 2.11 bits per heavy atom. The summed E-state index contributed by atoms with van der Waals surface area (Å²) < 4.78 is 1.86. The third kappa shape index (κ3) is 3.57. The molecule has 0 radical (unpaired) electrons. The van der Waals surface area contributed by atoms with E-state index < -0.39 is 5.97 Å². The van der Waals surface area contributed by atoms with Crippen molar-refractivity contribution in [2.75, 3.05) is 13.1 Å². The summed E-state index contributed by atoms with van der Waals surface area (Å²) in [6, 6.07) is 1.57. The molecule has 1 atom stereocenters. The Morgan fingerprint density at radius 1 is 1.28 bits per heavy atom. The average Bonchev–Trinajstić information content (AvgIpc) is 2.80. The summed E-state index contributed by atoms with van der Waals surface area (Å²) in [4.78, 5) is 13.4. The fourth-order valence-corrected chi connectivity index (χ4v) is 2.56. The topological polar surface area (TPSA) is 58.4 Å². The van der Waals surface area contributed by atoms with Crippen LogP contribution in [0.4, 0.5) is 0 Å². The van der Waals surface area contributed by atoms with Gasteiger partial charge in [-0.2, -0.15) is 5.10 Å². The molecule has 5 heteroatoms. The number of carboxylic acids is 1. The maximum absolute atomic E-state index is 11.3. The third-order valence-corrected chi connectivity index (χ3v) is 3.57. The van der Waals surface area contributed by atoms with Crippen LogP contribution in [0.25, 0.3) is 0 Å². The molecule has 0 aromatic carbocycles. The van der Waals surface area contributed by atoms with E-state index in [1.807, 2.05) is 16.9 Å². The van der Waals surface area contributed by atoms with Gasteiger partial charge >= 0.3 is 5.97 Å². The number of likely N-dealkylation sites (tertiary alicyclic amines) is 1. The summed E-state index contributed by atoms with van der Waals surface area (Å²) in [7, 11) is 0. The van der Waals surface area contributed by atoms with Gasteiger partial charge in [0.15, 0.2) is 0 Å². The van der Waals surface area contributed by atoms with Gasteiger partial charge in [-0.15, -0.1) is 0 Å². The van der Waals surface area contributed by atoms with Crippen molar-refractivity contribution >= 4 is 5.97 Å². The molecule has 1 N–H and O–H groups in total. The molecule has 2 rings (SSSR count). The highest BCUT2D eigenvalue weighted by Crippen LogP contribution is 2.16. The van der Waals surface area contributed by atoms with Gasteiger partial charge in [-0.05, 0) is 25.5 Å². The van der Waals surface area contributed by atoms with E-state index in [1.54, 1.807) is 6.20 Å². The molecule has 1 fully saturated rings. The first-order valence-electron chi connectivity index (χ1n) is 6.71. The Morgan fingerprint density at radius 3 is 2.83 bits per heavy atom. The number of hydrogen-bond donors (Lipinski definition) is 1. The molecule has 1 unspecified atom stereocenters.